The Morgan fingerprint density at radius 1 is 0.875 bits per heavy atom. The molecular formula is C31H27Cl2N3O4. The third kappa shape index (κ3) is 3.94. The molecule has 6 rings (SSSR count). The molecule has 7 nitrogen and oxygen atoms in total. The first kappa shape index (κ1) is 26.5. The Kier molecular flexibility index (Phi) is 6.67. The Labute approximate surface area is 242 Å². The van der Waals surface area contributed by atoms with Crippen molar-refractivity contribution >= 4 is 46.8 Å². The molecule has 0 saturated carbocycles. The third-order valence-corrected chi connectivity index (χ3v) is 9.20. The second kappa shape index (κ2) is 10.1. The molecule has 2 bridgehead atoms. The second-order valence-corrected chi connectivity index (χ2v) is 11.4. The number of imide groups is 1. The molecule has 204 valence electrons. The predicted octanol–water partition coefficient (Wildman–Crippen LogP) is 4.46. The molecule has 3 heterocycles. The van der Waals surface area contributed by atoms with E-state index in [9.17, 15) is 19.2 Å². The first-order valence-electron chi connectivity index (χ1n) is 13.3. The van der Waals surface area contributed by atoms with Crippen LogP contribution in [-0.2, 0) is 27.3 Å². The summed E-state index contributed by atoms with van der Waals surface area (Å²) in [6.07, 6.45) is 0.103. The Hall–Kier alpha value is -3.68. The summed E-state index contributed by atoms with van der Waals surface area (Å²) in [7, 11) is 0. The molecule has 3 fully saturated rings. The van der Waals surface area contributed by atoms with Gasteiger partial charge in [0.2, 0.25) is 17.7 Å². The fourth-order valence-electron chi connectivity index (χ4n) is 6.73. The van der Waals surface area contributed by atoms with Crippen molar-refractivity contribution in [2.75, 3.05) is 13.1 Å². The van der Waals surface area contributed by atoms with Gasteiger partial charge in [-0.3, -0.25) is 24.1 Å². The highest BCUT2D eigenvalue weighted by atomic mass is 35.5. The molecule has 0 spiro atoms. The van der Waals surface area contributed by atoms with Crippen LogP contribution in [0, 0.1) is 11.8 Å². The fourth-order valence-corrected chi connectivity index (χ4v) is 7.03. The van der Waals surface area contributed by atoms with E-state index in [4.69, 9.17) is 23.2 Å². The molecule has 0 radical (unpaired) electrons. The first-order chi connectivity index (χ1) is 19.3. The zero-order chi connectivity index (χ0) is 28.2. The molecule has 3 aliphatic rings. The van der Waals surface area contributed by atoms with E-state index >= 15 is 0 Å². The minimum Gasteiger partial charge on any atom is -0.339 e. The molecule has 4 amide bonds. The number of fused-ring (bicyclic) bond motifs is 5. The maximum atomic E-state index is 14.5. The van der Waals surface area contributed by atoms with Gasteiger partial charge < -0.3 is 9.80 Å². The number of piperazine rings is 1. The number of likely N-dealkylation sites (tertiary alicyclic amines) is 2. The van der Waals surface area contributed by atoms with Gasteiger partial charge in [0.05, 0.1) is 34.5 Å². The van der Waals surface area contributed by atoms with Crippen LogP contribution < -0.4 is 0 Å². The van der Waals surface area contributed by atoms with E-state index in [1.54, 1.807) is 11.0 Å². The van der Waals surface area contributed by atoms with Crippen LogP contribution in [0.2, 0.25) is 10.0 Å². The second-order valence-electron chi connectivity index (χ2n) is 10.6. The Balaban J connectivity index is 1.51. The van der Waals surface area contributed by atoms with Crippen LogP contribution in [0.25, 0.3) is 0 Å². The Morgan fingerprint density at radius 3 is 2.15 bits per heavy atom. The van der Waals surface area contributed by atoms with Crippen LogP contribution in [0.15, 0.2) is 78.9 Å². The number of benzene rings is 3. The zero-order valence-corrected chi connectivity index (χ0v) is 23.3. The minimum atomic E-state index is -1.58. The number of nitrogens with zero attached hydrogens (tertiary/aromatic N) is 3. The van der Waals surface area contributed by atoms with Gasteiger partial charge in [-0.25, -0.2) is 0 Å². The molecule has 3 saturated heterocycles. The van der Waals surface area contributed by atoms with Crippen LogP contribution in [0.1, 0.15) is 28.4 Å². The highest BCUT2D eigenvalue weighted by Gasteiger charge is 2.75. The molecule has 0 aromatic heterocycles. The number of likely N-dealkylation sites (N-methyl/N-ethyl adjacent to an activating group) is 1. The van der Waals surface area contributed by atoms with Gasteiger partial charge in [0, 0.05) is 25.1 Å². The highest BCUT2D eigenvalue weighted by molar-refractivity contribution is 6.42. The van der Waals surface area contributed by atoms with E-state index in [-0.39, 0.29) is 41.9 Å². The summed E-state index contributed by atoms with van der Waals surface area (Å²) in [6, 6.07) is 22.5. The lowest BCUT2D eigenvalue weighted by Gasteiger charge is -2.49. The number of amides is 4. The molecule has 4 atom stereocenters. The topological polar surface area (TPSA) is 78.0 Å². The van der Waals surface area contributed by atoms with E-state index in [2.05, 4.69) is 0 Å². The van der Waals surface area contributed by atoms with Crippen LogP contribution in [0.4, 0.5) is 0 Å². The minimum absolute atomic E-state index is 0.103. The predicted molar refractivity (Wildman–Crippen MR) is 151 cm³/mol. The average Bonchev–Trinajstić information content (AvgIpc) is 3.34. The van der Waals surface area contributed by atoms with Crippen molar-refractivity contribution in [1.29, 1.82) is 0 Å². The van der Waals surface area contributed by atoms with Gasteiger partial charge in [-0.1, -0.05) is 83.9 Å². The standard InChI is InChI=1S/C31H27Cl2N3O4/c1-2-34-18-24-25-26(29(39)35(28(25)38)17-20-11-7-4-8-12-20)31(30(34)40,16-19-9-5-3-6-10-19)36(24)27(37)21-13-14-22(32)23(33)15-21/h3-15,24-26H,2,16-18H2,1H3/t24?,25?,26?,31-/m1/s1. The summed E-state index contributed by atoms with van der Waals surface area (Å²) in [5.41, 5.74) is 0.279. The number of hydrogen-bond donors (Lipinski definition) is 0. The van der Waals surface area contributed by atoms with E-state index in [0.717, 1.165) is 11.1 Å². The molecule has 3 aromatic rings. The number of carbonyl (C=O) groups is 4. The summed E-state index contributed by atoms with van der Waals surface area (Å²) in [5.74, 6) is -3.39. The maximum Gasteiger partial charge on any atom is 0.255 e. The summed E-state index contributed by atoms with van der Waals surface area (Å²) >= 11 is 12.4. The van der Waals surface area contributed by atoms with Crippen LogP contribution in [0.5, 0.6) is 0 Å². The average molecular weight is 576 g/mol. The van der Waals surface area contributed by atoms with Gasteiger partial charge >= 0.3 is 0 Å². The van der Waals surface area contributed by atoms with Crippen molar-refractivity contribution < 1.29 is 19.2 Å². The molecule has 40 heavy (non-hydrogen) atoms. The number of hydrogen-bond acceptors (Lipinski definition) is 4. The number of rotatable bonds is 6. The molecule has 3 aliphatic heterocycles. The largest absolute Gasteiger partial charge is 0.339 e. The lowest BCUT2D eigenvalue weighted by atomic mass is 9.75. The lowest BCUT2D eigenvalue weighted by Crippen LogP contribution is -2.70. The maximum absolute atomic E-state index is 14.5. The van der Waals surface area contributed by atoms with Crippen molar-refractivity contribution in [1.82, 2.24) is 14.7 Å². The van der Waals surface area contributed by atoms with Crippen molar-refractivity contribution in [3.63, 3.8) is 0 Å². The van der Waals surface area contributed by atoms with Gasteiger partial charge in [-0.15, -0.1) is 0 Å². The summed E-state index contributed by atoms with van der Waals surface area (Å²) in [4.78, 5) is 61.5. The van der Waals surface area contributed by atoms with Crippen LogP contribution >= 0.6 is 23.2 Å². The van der Waals surface area contributed by atoms with Crippen molar-refractivity contribution in [3.05, 3.63) is 106 Å². The SMILES string of the molecule is CCN1CC2C3C(=O)N(Cc4ccccc4)C(=O)C3[C@](Cc3ccccc3)(C1=O)N2C(=O)c1ccc(Cl)c(Cl)c1. The third-order valence-electron chi connectivity index (χ3n) is 8.46. The van der Waals surface area contributed by atoms with Gasteiger partial charge in [0.15, 0.2) is 0 Å². The summed E-state index contributed by atoms with van der Waals surface area (Å²) < 4.78 is 0. The first-order valence-corrected chi connectivity index (χ1v) is 14.0. The lowest BCUT2D eigenvalue weighted by molar-refractivity contribution is -0.156. The van der Waals surface area contributed by atoms with Gasteiger partial charge in [-0.05, 0) is 36.2 Å². The molecule has 9 heteroatoms. The highest BCUT2D eigenvalue weighted by Crippen LogP contribution is 2.54. The molecule has 0 N–H and O–H groups in total. The zero-order valence-electron chi connectivity index (χ0n) is 21.8. The van der Waals surface area contributed by atoms with Crippen molar-refractivity contribution in [2.24, 2.45) is 11.8 Å². The summed E-state index contributed by atoms with van der Waals surface area (Å²) in [6.45, 7) is 2.55. The monoisotopic (exact) mass is 575 g/mol. The van der Waals surface area contributed by atoms with E-state index in [0.29, 0.717) is 11.6 Å². The Morgan fingerprint density at radius 2 is 1.52 bits per heavy atom. The number of halogens is 2. The van der Waals surface area contributed by atoms with E-state index < -0.39 is 35.2 Å². The molecule has 3 aromatic carbocycles. The Bertz CT molecular complexity index is 1520. The van der Waals surface area contributed by atoms with Gasteiger partial charge in [0.25, 0.3) is 5.91 Å². The fraction of sp³-hybridized carbons (Fsp3) is 0.290. The smallest absolute Gasteiger partial charge is 0.255 e. The molecule has 0 aliphatic carbocycles. The summed E-state index contributed by atoms with van der Waals surface area (Å²) in [5, 5.41) is 0.503. The molecular weight excluding hydrogens is 549 g/mol. The van der Waals surface area contributed by atoms with Crippen molar-refractivity contribution in [3.8, 4) is 0 Å². The van der Waals surface area contributed by atoms with Gasteiger partial charge in [0.1, 0.15) is 5.54 Å². The molecule has 3 unspecified atom stereocenters. The van der Waals surface area contributed by atoms with Crippen LogP contribution in [-0.4, -0.2) is 63.0 Å². The van der Waals surface area contributed by atoms with E-state index in [1.165, 1.54) is 21.9 Å². The quantitative estimate of drug-likeness (QED) is 0.406. The normalized spacial score (nSPS) is 25.5. The number of carbonyl (C=O) groups excluding carboxylic acids is 4. The van der Waals surface area contributed by atoms with Crippen molar-refractivity contribution in [2.45, 2.75) is 31.5 Å². The van der Waals surface area contributed by atoms with E-state index in [1.807, 2.05) is 67.6 Å². The van der Waals surface area contributed by atoms with Crippen LogP contribution in [0.3, 0.4) is 0 Å². The van der Waals surface area contributed by atoms with Gasteiger partial charge in [-0.2, -0.15) is 0 Å².